The highest BCUT2D eigenvalue weighted by molar-refractivity contribution is 5.73. The van der Waals surface area contributed by atoms with Gasteiger partial charge in [0.15, 0.2) is 0 Å². The van der Waals surface area contributed by atoms with Crippen LogP contribution in [0.4, 0.5) is 0 Å². The minimum Gasteiger partial charge on any atom is -0.497 e. The van der Waals surface area contributed by atoms with Crippen LogP contribution < -0.4 is 4.74 Å². The lowest BCUT2D eigenvalue weighted by molar-refractivity contribution is -0.132. The van der Waals surface area contributed by atoms with Gasteiger partial charge in [0.05, 0.1) is 13.2 Å². The summed E-state index contributed by atoms with van der Waals surface area (Å²) in [4.78, 5) is 20.6. The van der Waals surface area contributed by atoms with Crippen molar-refractivity contribution in [2.75, 3.05) is 26.7 Å². The number of hydrogen-bond donors (Lipinski definition) is 0. The number of carbonyl (C=O) groups excluding carboxylic acids is 1. The molecule has 5 nitrogen and oxygen atoms in total. The molecule has 1 amide bonds. The molecule has 0 bridgehead atoms. The summed E-state index contributed by atoms with van der Waals surface area (Å²) in [5.41, 5.74) is 3.42. The summed E-state index contributed by atoms with van der Waals surface area (Å²) >= 11 is 0. The van der Waals surface area contributed by atoms with Gasteiger partial charge in [-0.2, -0.15) is 0 Å². The van der Waals surface area contributed by atoms with Crippen LogP contribution in [-0.2, 0) is 11.3 Å². The molecule has 25 heavy (non-hydrogen) atoms. The zero-order chi connectivity index (χ0) is 17.8. The molecule has 2 aromatic rings. The van der Waals surface area contributed by atoms with Gasteiger partial charge in [-0.1, -0.05) is 18.2 Å². The van der Waals surface area contributed by atoms with E-state index in [2.05, 4.69) is 28.1 Å². The Bertz CT molecular complexity index is 713. The number of amides is 1. The number of benzene rings is 1. The van der Waals surface area contributed by atoms with Gasteiger partial charge in [-0.3, -0.25) is 14.7 Å². The van der Waals surface area contributed by atoms with Gasteiger partial charge in [0.1, 0.15) is 5.75 Å². The van der Waals surface area contributed by atoms with E-state index in [0.29, 0.717) is 6.54 Å². The molecule has 1 aromatic heterocycles. The first-order chi connectivity index (χ1) is 12.1. The summed E-state index contributed by atoms with van der Waals surface area (Å²) in [6.45, 7) is 6.79. The van der Waals surface area contributed by atoms with Gasteiger partial charge in [0.25, 0.3) is 0 Å². The normalized spacial score (nSPS) is 18.2. The molecular weight excluding hydrogens is 314 g/mol. The number of piperazine rings is 1. The number of ether oxygens (including phenoxy) is 1. The second kappa shape index (κ2) is 7.66. The van der Waals surface area contributed by atoms with Gasteiger partial charge in [-0.05, 0) is 36.2 Å². The monoisotopic (exact) mass is 339 g/mol. The van der Waals surface area contributed by atoms with E-state index in [1.165, 1.54) is 11.1 Å². The molecule has 0 unspecified atom stereocenters. The molecule has 2 heterocycles. The number of methoxy groups -OCH3 is 1. The first-order valence-corrected chi connectivity index (χ1v) is 8.62. The van der Waals surface area contributed by atoms with Gasteiger partial charge in [-0.25, -0.2) is 0 Å². The molecule has 1 aliphatic heterocycles. The maximum absolute atomic E-state index is 11.9. The van der Waals surface area contributed by atoms with Crippen molar-refractivity contribution in [1.82, 2.24) is 14.8 Å². The fourth-order valence-corrected chi connectivity index (χ4v) is 3.26. The molecule has 132 valence electrons. The second-order valence-corrected chi connectivity index (χ2v) is 6.53. The van der Waals surface area contributed by atoms with Crippen molar-refractivity contribution in [2.24, 2.45) is 0 Å². The fourth-order valence-electron chi connectivity index (χ4n) is 3.26. The van der Waals surface area contributed by atoms with Crippen molar-refractivity contribution in [1.29, 1.82) is 0 Å². The Morgan fingerprint density at radius 1 is 1.20 bits per heavy atom. The first-order valence-electron chi connectivity index (χ1n) is 8.62. The Morgan fingerprint density at radius 3 is 2.56 bits per heavy atom. The Morgan fingerprint density at radius 2 is 1.96 bits per heavy atom. The van der Waals surface area contributed by atoms with Crippen LogP contribution in [0.25, 0.3) is 0 Å². The fraction of sp³-hybridized carbons (Fsp3) is 0.400. The standard InChI is InChI=1S/C20H25N3O2/c1-15-4-5-17(12-21-15)13-23-11-10-22(16(2)24)14-20(23)18-6-8-19(25-3)9-7-18/h4-9,12,20H,10-11,13-14H2,1-3H3/t20-/m1/s1. The van der Waals surface area contributed by atoms with Crippen LogP contribution in [-0.4, -0.2) is 47.4 Å². The zero-order valence-electron chi connectivity index (χ0n) is 15.1. The van der Waals surface area contributed by atoms with Gasteiger partial charge in [-0.15, -0.1) is 0 Å². The number of rotatable bonds is 4. The summed E-state index contributed by atoms with van der Waals surface area (Å²) in [6.07, 6.45) is 1.94. The number of carbonyl (C=O) groups is 1. The second-order valence-electron chi connectivity index (χ2n) is 6.53. The van der Waals surface area contributed by atoms with E-state index in [1.807, 2.05) is 36.2 Å². The maximum Gasteiger partial charge on any atom is 0.219 e. The molecule has 1 aliphatic rings. The Hall–Kier alpha value is -2.40. The molecule has 0 radical (unpaired) electrons. The molecule has 0 spiro atoms. The molecule has 5 heteroatoms. The van der Waals surface area contributed by atoms with Gasteiger partial charge in [0, 0.05) is 45.0 Å². The lowest BCUT2D eigenvalue weighted by Gasteiger charge is -2.41. The molecule has 1 fully saturated rings. The smallest absolute Gasteiger partial charge is 0.219 e. The van der Waals surface area contributed by atoms with Gasteiger partial charge < -0.3 is 9.64 Å². The molecule has 1 aromatic carbocycles. The predicted octanol–water partition coefficient (Wildman–Crippen LogP) is 2.80. The van der Waals surface area contributed by atoms with Crippen molar-refractivity contribution >= 4 is 5.91 Å². The Labute approximate surface area is 149 Å². The van der Waals surface area contributed by atoms with Crippen molar-refractivity contribution in [3.63, 3.8) is 0 Å². The van der Waals surface area contributed by atoms with Gasteiger partial charge in [0.2, 0.25) is 5.91 Å². The van der Waals surface area contributed by atoms with Crippen molar-refractivity contribution in [3.8, 4) is 5.75 Å². The van der Waals surface area contributed by atoms with E-state index in [9.17, 15) is 4.79 Å². The summed E-state index contributed by atoms with van der Waals surface area (Å²) < 4.78 is 5.26. The largest absolute Gasteiger partial charge is 0.497 e. The SMILES string of the molecule is COc1ccc([C@H]2CN(C(C)=O)CCN2Cc2ccc(C)nc2)cc1. The predicted molar refractivity (Wildman–Crippen MR) is 97.4 cm³/mol. The topological polar surface area (TPSA) is 45.7 Å². The molecule has 3 rings (SSSR count). The maximum atomic E-state index is 11.9. The minimum atomic E-state index is 0.134. The number of nitrogens with zero attached hydrogens (tertiary/aromatic N) is 3. The highest BCUT2D eigenvalue weighted by Crippen LogP contribution is 2.28. The van der Waals surface area contributed by atoms with Crippen molar-refractivity contribution < 1.29 is 9.53 Å². The third kappa shape index (κ3) is 4.17. The Kier molecular flexibility index (Phi) is 5.34. The molecule has 0 saturated carbocycles. The van der Waals surface area contributed by atoms with Crippen LogP contribution in [0.2, 0.25) is 0 Å². The van der Waals surface area contributed by atoms with Gasteiger partial charge >= 0.3 is 0 Å². The molecule has 1 saturated heterocycles. The number of aromatic nitrogens is 1. The van der Waals surface area contributed by atoms with Crippen molar-refractivity contribution in [2.45, 2.75) is 26.4 Å². The Balaban J connectivity index is 1.83. The molecule has 0 aliphatic carbocycles. The van der Waals surface area contributed by atoms with E-state index in [1.54, 1.807) is 14.0 Å². The molecule has 0 N–H and O–H groups in total. The number of aryl methyl sites for hydroxylation is 1. The van der Waals surface area contributed by atoms with E-state index < -0.39 is 0 Å². The van der Waals surface area contributed by atoms with Crippen LogP contribution in [0.3, 0.4) is 0 Å². The lowest BCUT2D eigenvalue weighted by Crippen LogP contribution is -2.49. The van der Waals surface area contributed by atoms with E-state index >= 15 is 0 Å². The van der Waals surface area contributed by atoms with Crippen LogP contribution in [0.5, 0.6) is 5.75 Å². The minimum absolute atomic E-state index is 0.134. The summed E-state index contributed by atoms with van der Waals surface area (Å²) in [5.74, 6) is 0.979. The van der Waals surface area contributed by atoms with E-state index in [-0.39, 0.29) is 11.9 Å². The molecular formula is C20H25N3O2. The highest BCUT2D eigenvalue weighted by Gasteiger charge is 2.29. The van der Waals surface area contributed by atoms with Crippen LogP contribution in [0, 0.1) is 6.92 Å². The third-order valence-corrected chi connectivity index (χ3v) is 4.80. The zero-order valence-corrected chi connectivity index (χ0v) is 15.1. The van der Waals surface area contributed by atoms with E-state index in [0.717, 1.165) is 31.1 Å². The summed E-state index contributed by atoms with van der Waals surface area (Å²) in [5, 5.41) is 0. The number of pyridine rings is 1. The van der Waals surface area contributed by atoms with Crippen LogP contribution in [0.15, 0.2) is 42.6 Å². The lowest BCUT2D eigenvalue weighted by atomic mass is 10.0. The number of hydrogen-bond acceptors (Lipinski definition) is 4. The average Bonchev–Trinajstić information content (AvgIpc) is 2.64. The summed E-state index contributed by atoms with van der Waals surface area (Å²) in [7, 11) is 1.67. The first kappa shape index (κ1) is 17.4. The van der Waals surface area contributed by atoms with Crippen LogP contribution in [0.1, 0.15) is 29.8 Å². The quantitative estimate of drug-likeness (QED) is 0.859. The average molecular weight is 339 g/mol. The highest BCUT2D eigenvalue weighted by atomic mass is 16.5. The molecule has 1 atom stereocenters. The van der Waals surface area contributed by atoms with Crippen molar-refractivity contribution in [3.05, 3.63) is 59.4 Å². The summed E-state index contributed by atoms with van der Waals surface area (Å²) in [6, 6.07) is 12.5. The van der Waals surface area contributed by atoms with Crippen LogP contribution >= 0.6 is 0 Å². The third-order valence-electron chi connectivity index (χ3n) is 4.80. The van der Waals surface area contributed by atoms with E-state index in [4.69, 9.17) is 4.74 Å².